The Morgan fingerprint density at radius 2 is 1.76 bits per heavy atom. The molecule has 2 rings (SSSR count). The summed E-state index contributed by atoms with van der Waals surface area (Å²) in [6.07, 6.45) is 3.63. The molecule has 0 radical (unpaired) electrons. The highest BCUT2D eigenvalue weighted by Crippen LogP contribution is 2.37. The minimum absolute atomic E-state index is 0.102. The largest absolute Gasteiger partial charge is 0.462 e. The topological polar surface area (TPSA) is 66.0 Å². The molecule has 0 spiro atoms. The molecule has 21 heavy (non-hydrogen) atoms. The Labute approximate surface area is 126 Å². The molecule has 1 heterocycles. The van der Waals surface area contributed by atoms with Crippen LogP contribution in [0.1, 0.15) is 19.3 Å². The summed E-state index contributed by atoms with van der Waals surface area (Å²) in [6, 6.07) is -0.102. The summed E-state index contributed by atoms with van der Waals surface area (Å²) >= 11 is 0. The second-order valence-corrected chi connectivity index (χ2v) is 5.63. The first kappa shape index (κ1) is 16.7. The molecule has 1 aliphatic carbocycles. The highest BCUT2D eigenvalue weighted by molar-refractivity contribution is 5.76. The second-order valence-electron chi connectivity index (χ2n) is 5.63. The lowest BCUT2D eigenvalue weighted by Crippen LogP contribution is -2.37. The molecule has 0 aromatic rings. The summed E-state index contributed by atoms with van der Waals surface area (Å²) in [5.74, 6) is 1.03. The zero-order valence-corrected chi connectivity index (χ0v) is 12.8. The minimum Gasteiger partial charge on any atom is -0.462 e. The smallest absolute Gasteiger partial charge is 0.323 e. The van der Waals surface area contributed by atoms with Crippen molar-refractivity contribution in [3.05, 3.63) is 0 Å². The van der Waals surface area contributed by atoms with Crippen LogP contribution in [0.25, 0.3) is 0 Å². The van der Waals surface area contributed by atoms with E-state index in [0.29, 0.717) is 51.5 Å². The van der Waals surface area contributed by atoms with Crippen LogP contribution < -0.4 is 5.32 Å². The molecule has 0 aromatic heterocycles. The molecular formula is C15H27NO5. The van der Waals surface area contributed by atoms with Crippen LogP contribution in [0, 0.1) is 11.8 Å². The number of fused-ring (bicyclic) bond motifs is 1. The molecular weight excluding hydrogens is 274 g/mol. The molecule has 2 aliphatic rings. The van der Waals surface area contributed by atoms with Gasteiger partial charge in [-0.1, -0.05) is 6.42 Å². The molecule has 6 heteroatoms. The molecule has 3 atom stereocenters. The summed E-state index contributed by atoms with van der Waals surface area (Å²) in [5, 5.41) is 3.29. The first-order valence-electron chi connectivity index (χ1n) is 7.87. The Balaban J connectivity index is 1.46. The third-order valence-electron chi connectivity index (χ3n) is 4.28. The summed E-state index contributed by atoms with van der Waals surface area (Å²) < 4.78 is 20.8. The van der Waals surface area contributed by atoms with Crippen molar-refractivity contribution in [1.82, 2.24) is 5.32 Å². The molecule has 3 unspecified atom stereocenters. The van der Waals surface area contributed by atoms with Gasteiger partial charge in [-0.05, 0) is 31.2 Å². The van der Waals surface area contributed by atoms with Gasteiger partial charge in [-0.25, -0.2) is 0 Å². The van der Waals surface area contributed by atoms with E-state index < -0.39 is 0 Å². The Bertz CT molecular complexity index is 312. The van der Waals surface area contributed by atoms with Crippen molar-refractivity contribution in [3.63, 3.8) is 0 Å². The number of hydrogen-bond donors (Lipinski definition) is 1. The van der Waals surface area contributed by atoms with Crippen LogP contribution in [0.4, 0.5) is 0 Å². The zero-order valence-electron chi connectivity index (χ0n) is 12.8. The lowest BCUT2D eigenvalue weighted by molar-refractivity contribution is -0.148. The van der Waals surface area contributed by atoms with Crippen molar-refractivity contribution >= 4 is 5.97 Å². The number of carbonyl (C=O) groups excluding carboxylic acids is 1. The van der Waals surface area contributed by atoms with Gasteiger partial charge >= 0.3 is 5.97 Å². The first-order valence-corrected chi connectivity index (χ1v) is 7.87. The first-order chi connectivity index (χ1) is 10.3. The summed E-state index contributed by atoms with van der Waals surface area (Å²) in [7, 11) is 1.64. The van der Waals surface area contributed by atoms with Gasteiger partial charge in [0.05, 0.1) is 33.0 Å². The zero-order chi connectivity index (χ0) is 14.9. The lowest BCUT2D eigenvalue weighted by atomic mass is 9.94. The minimum atomic E-state index is -0.121. The Hall–Kier alpha value is -0.690. The highest BCUT2D eigenvalue weighted by atomic mass is 16.6. The van der Waals surface area contributed by atoms with Gasteiger partial charge in [-0.3, -0.25) is 4.79 Å². The van der Waals surface area contributed by atoms with E-state index in [2.05, 4.69) is 5.32 Å². The highest BCUT2D eigenvalue weighted by Gasteiger charge is 2.43. The number of carbonyl (C=O) groups is 1. The van der Waals surface area contributed by atoms with Crippen LogP contribution in [0.3, 0.4) is 0 Å². The molecule has 1 aliphatic heterocycles. The van der Waals surface area contributed by atoms with Gasteiger partial charge in [0.15, 0.2) is 0 Å². The number of ether oxygens (including phenoxy) is 4. The fraction of sp³-hybridized carbons (Fsp3) is 0.933. The molecule has 122 valence electrons. The van der Waals surface area contributed by atoms with Crippen molar-refractivity contribution in [3.8, 4) is 0 Å². The van der Waals surface area contributed by atoms with E-state index >= 15 is 0 Å². The van der Waals surface area contributed by atoms with Gasteiger partial charge in [-0.2, -0.15) is 0 Å². The van der Waals surface area contributed by atoms with E-state index in [1.54, 1.807) is 7.11 Å². The average Bonchev–Trinajstić information content (AvgIpc) is 3.08. The van der Waals surface area contributed by atoms with Gasteiger partial charge in [0, 0.05) is 7.11 Å². The van der Waals surface area contributed by atoms with Crippen molar-refractivity contribution in [2.75, 3.05) is 53.3 Å². The van der Waals surface area contributed by atoms with E-state index in [-0.39, 0.29) is 12.0 Å². The van der Waals surface area contributed by atoms with Crippen molar-refractivity contribution in [2.24, 2.45) is 11.8 Å². The average molecular weight is 301 g/mol. The van der Waals surface area contributed by atoms with Crippen LogP contribution >= 0.6 is 0 Å². The van der Waals surface area contributed by atoms with E-state index in [1.165, 1.54) is 12.8 Å². The standard InChI is InChI=1S/C15H27NO5/c1-18-5-6-19-7-8-20-9-10-21-15(17)14-13-4-2-3-12(13)11-16-14/h12-14,16H,2-11H2,1H3. The molecule has 0 amide bonds. The summed E-state index contributed by atoms with van der Waals surface area (Å²) in [5.41, 5.74) is 0. The number of hydrogen-bond acceptors (Lipinski definition) is 6. The third kappa shape index (κ3) is 5.21. The Morgan fingerprint density at radius 1 is 1.05 bits per heavy atom. The van der Waals surface area contributed by atoms with Crippen molar-refractivity contribution in [1.29, 1.82) is 0 Å². The van der Waals surface area contributed by atoms with E-state index in [0.717, 1.165) is 13.0 Å². The van der Waals surface area contributed by atoms with Crippen molar-refractivity contribution in [2.45, 2.75) is 25.3 Å². The molecule has 1 saturated carbocycles. The fourth-order valence-corrected chi connectivity index (χ4v) is 3.20. The number of rotatable bonds is 10. The van der Waals surface area contributed by atoms with Crippen LogP contribution in [-0.2, 0) is 23.7 Å². The number of nitrogens with one attached hydrogen (secondary N) is 1. The van der Waals surface area contributed by atoms with E-state index in [4.69, 9.17) is 18.9 Å². The molecule has 0 aromatic carbocycles. The summed E-state index contributed by atoms with van der Waals surface area (Å²) in [6.45, 7) is 3.89. The third-order valence-corrected chi connectivity index (χ3v) is 4.28. The molecule has 0 bridgehead atoms. The molecule has 1 N–H and O–H groups in total. The van der Waals surface area contributed by atoms with Gasteiger partial charge in [0.25, 0.3) is 0 Å². The van der Waals surface area contributed by atoms with E-state index in [1.807, 2.05) is 0 Å². The quantitative estimate of drug-likeness (QED) is 0.471. The maximum absolute atomic E-state index is 12.0. The van der Waals surface area contributed by atoms with Crippen LogP contribution in [-0.4, -0.2) is 65.3 Å². The lowest BCUT2D eigenvalue weighted by Gasteiger charge is -2.16. The fourth-order valence-electron chi connectivity index (χ4n) is 3.20. The summed E-state index contributed by atoms with van der Waals surface area (Å²) in [4.78, 5) is 12.0. The predicted octanol–water partition coefficient (Wildman–Crippen LogP) is 0.597. The van der Waals surface area contributed by atoms with Gasteiger partial charge in [-0.15, -0.1) is 0 Å². The predicted molar refractivity (Wildman–Crippen MR) is 77.1 cm³/mol. The van der Waals surface area contributed by atoms with Gasteiger partial charge in [0.2, 0.25) is 0 Å². The second kappa shape index (κ2) is 9.35. The SMILES string of the molecule is COCCOCCOCCOC(=O)C1NCC2CCCC21. The Morgan fingerprint density at radius 3 is 2.52 bits per heavy atom. The maximum Gasteiger partial charge on any atom is 0.323 e. The number of esters is 1. The molecule has 1 saturated heterocycles. The van der Waals surface area contributed by atoms with E-state index in [9.17, 15) is 4.79 Å². The maximum atomic E-state index is 12.0. The number of methoxy groups -OCH3 is 1. The van der Waals surface area contributed by atoms with Gasteiger partial charge in [0.1, 0.15) is 12.6 Å². The van der Waals surface area contributed by atoms with Gasteiger partial charge < -0.3 is 24.3 Å². The Kier molecular flexibility index (Phi) is 7.43. The van der Waals surface area contributed by atoms with Crippen LogP contribution in [0.2, 0.25) is 0 Å². The molecule has 6 nitrogen and oxygen atoms in total. The molecule has 2 fully saturated rings. The van der Waals surface area contributed by atoms with Crippen LogP contribution in [0.15, 0.2) is 0 Å². The normalized spacial score (nSPS) is 27.8. The monoisotopic (exact) mass is 301 g/mol. The van der Waals surface area contributed by atoms with Crippen molar-refractivity contribution < 1.29 is 23.7 Å². The van der Waals surface area contributed by atoms with Crippen LogP contribution in [0.5, 0.6) is 0 Å².